The fourth-order valence-electron chi connectivity index (χ4n) is 3.84. The number of nitrogens with zero attached hydrogens (tertiary/aromatic N) is 1. The van der Waals surface area contributed by atoms with Crippen LogP contribution < -0.4 is 16.0 Å². The van der Waals surface area contributed by atoms with Gasteiger partial charge in [0.1, 0.15) is 0 Å². The summed E-state index contributed by atoms with van der Waals surface area (Å²) in [5.41, 5.74) is 3.37. The minimum atomic E-state index is -3.76. The molecular weight excluding hydrogens is 452 g/mol. The molecule has 0 radical (unpaired) electrons. The number of fused-ring (bicyclic) bond motifs is 1. The van der Waals surface area contributed by atoms with Crippen molar-refractivity contribution in [3.8, 4) is 0 Å². The average Bonchev–Trinajstić information content (AvgIpc) is 2.84. The van der Waals surface area contributed by atoms with Crippen molar-refractivity contribution in [1.82, 2.24) is 9.62 Å². The lowest BCUT2D eigenvalue weighted by atomic mass is 10.0. The van der Waals surface area contributed by atoms with E-state index in [1.165, 1.54) is 16.4 Å². The number of hydrogen-bond donors (Lipinski definition) is 3. The van der Waals surface area contributed by atoms with Crippen LogP contribution in [0.1, 0.15) is 28.4 Å². The molecule has 9 heteroatoms. The molecule has 3 aromatic carbocycles. The van der Waals surface area contributed by atoms with Gasteiger partial charge >= 0.3 is 6.03 Å². The number of nitrogens with one attached hydrogen (secondary N) is 3. The molecule has 0 saturated carbocycles. The molecule has 3 N–H and O–H groups in total. The van der Waals surface area contributed by atoms with Crippen LogP contribution in [0.3, 0.4) is 0 Å². The van der Waals surface area contributed by atoms with Gasteiger partial charge in [0.2, 0.25) is 10.0 Å². The zero-order valence-corrected chi connectivity index (χ0v) is 19.6. The normalized spacial score (nSPS) is 13.6. The van der Waals surface area contributed by atoms with Crippen LogP contribution in [0, 0.1) is 0 Å². The van der Waals surface area contributed by atoms with E-state index in [0.717, 1.165) is 11.1 Å². The second-order valence-electron chi connectivity index (χ2n) is 7.90. The minimum absolute atomic E-state index is 0.0752. The predicted octanol–water partition coefficient (Wildman–Crippen LogP) is 3.83. The highest BCUT2D eigenvalue weighted by Gasteiger charge is 2.28. The first-order chi connectivity index (χ1) is 16.4. The van der Waals surface area contributed by atoms with E-state index in [1.54, 1.807) is 36.4 Å². The van der Waals surface area contributed by atoms with Gasteiger partial charge in [-0.25, -0.2) is 13.2 Å². The molecule has 3 amide bonds. The summed E-state index contributed by atoms with van der Waals surface area (Å²) in [6, 6.07) is 20.2. The molecular formula is C25H26N4O4S. The molecule has 0 bridgehead atoms. The number of amides is 3. The molecule has 4 rings (SSSR count). The molecule has 0 fully saturated rings. The Morgan fingerprint density at radius 3 is 2.35 bits per heavy atom. The Morgan fingerprint density at radius 2 is 1.59 bits per heavy atom. The summed E-state index contributed by atoms with van der Waals surface area (Å²) in [6.45, 7) is 3.00. The second kappa shape index (κ2) is 10.1. The van der Waals surface area contributed by atoms with E-state index in [2.05, 4.69) is 16.0 Å². The fourth-order valence-corrected chi connectivity index (χ4v) is 5.30. The quantitative estimate of drug-likeness (QED) is 0.500. The molecule has 1 heterocycles. The predicted molar refractivity (Wildman–Crippen MR) is 131 cm³/mol. The number of sulfonamides is 1. The molecule has 0 atom stereocenters. The summed E-state index contributed by atoms with van der Waals surface area (Å²) < 4.78 is 28.0. The molecule has 0 spiro atoms. The lowest BCUT2D eigenvalue weighted by molar-refractivity contribution is 0.102. The second-order valence-corrected chi connectivity index (χ2v) is 9.84. The first kappa shape index (κ1) is 23.5. The Balaban J connectivity index is 1.49. The Kier molecular flexibility index (Phi) is 6.95. The van der Waals surface area contributed by atoms with Crippen LogP contribution in [0.2, 0.25) is 0 Å². The zero-order chi connectivity index (χ0) is 24.1. The Hall–Kier alpha value is -3.69. The number of anilines is 2. The lowest BCUT2D eigenvalue weighted by Crippen LogP contribution is -2.36. The largest absolute Gasteiger partial charge is 0.338 e. The van der Waals surface area contributed by atoms with Crippen LogP contribution in [0.25, 0.3) is 0 Å². The highest BCUT2D eigenvalue weighted by molar-refractivity contribution is 7.89. The monoisotopic (exact) mass is 478 g/mol. The Labute approximate surface area is 199 Å². The van der Waals surface area contributed by atoms with Gasteiger partial charge in [-0.15, -0.1) is 0 Å². The van der Waals surface area contributed by atoms with Gasteiger partial charge in [0, 0.05) is 36.6 Å². The van der Waals surface area contributed by atoms with Gasteiger partial charge in [-0.05, 0) is 60.9 Å². The van der Waals surface area contributed by atoms with Crippen LogP contribution in [0.5, 0.6) is 0 Å². The van der Waals surface area contributed by atoms with Crippen LogP contribution >= 0.6 is 0 Å². The van der Waals surface area contributed by atoms with Crippen LogP contribution in [0.15, 0.2) is 77.7 Å². The first-order valence-corrected chi connectivity index (χ1v) is 12.4. The van der Waals surface area contributed by atoms with Crippen molar-refractivity contribution < 1.29 is 18.0 Å². The van der Waals surface area contributed by atoms with E-state index < -0.39 is 15.9 Å². The van der Waals surface area contributed by atoms with Crippen molar-refractivity contribution in [2.75, 3.05) is 23.7 Å². The molecule has 3 aromatic rings. The lowest BCUT2D eigenvalue weighted by Gasteiger charge is -2.28. The molecule has 176 valence electrons. The third-order valence-electron chi connectivity index (χ3n) is 5.55. The van der Waals surface area contributed by atoms with E-state index in [1.807, 2.05) is 31.2 Å². The number of carbonyl (C=O) groups is 2. The van der Waals surface area contributed by atoms with Crippen LogP contribution in [0.4, 0.5) is 16.2 Å². The van der Waals surface area contributed by atoms with Gasteiger partial charge in [0.25, 0.3) is 5.91 Å². The number of carbonyl (C=O) groups excluding carboxylic acids is 2. The van der Waals surface area contributed by atoms with Crippen LogP contribution in [-0.2, 0) is 23.0 Å². The molecule has 1 aliphatic rings. The van der Waals surface area contributed by atoms with E-state index in [0.29, 0.717) is 37.4 Å². The maximum atomic E-state index is 13.3. The summed E-state index contributed by atoms with van der Waals surface area (Å²) in [6.07, 6.45) is 0.649. The third-order valence-corrected chi connectivity index (χ3v) is 7.39. The minimum Gasteiger partial charge on any atom is -0.338 e. The number of benzene rings is 3. The molecule has 1 aliphatic heterocycles. The SMILES string of the molecule is CCNC(=O)Nc1cccc(NC(=O)c2cccc(S(=O)(=O)N3CCc4ccccc4C3)c2)c1. The maximum Gasteiger partial charge on any atom is 0.319 e. The topological polar surface area (TPSA) is 108 Å². The van der Waals surface area contributed by atoms with Crippen molar-refractivity contribution in [1.29, 1.82) is 0 Å². The molecule has 0 saturated heterocycles. The van der Waals surface area contributed by atoms with Crippen molar-refractivity contribution >= 4 is 33.3 Å². The van der Waals surface area contributed by atoms with Crippen molar-refractivity contribution in [3.63, 3.8) is 0 Å². The highest BCUT2D eigenvalue weighted by atomic mass is 32.2. The highest BCUT2D eigenvalue weighted by Crippen LogP contribution is 2.25. The number of hydrogen-bond acceptors (Lipinski definition) is 4. The molecule has 0 unspecified atom stereocenters. The van der Waals surface area contributed by atoms with Gasteiger partial charge in [0.05, 0.1) is 4.90 Å². The zero-order valence-electron chi connectivity index (χ0n) is 18.7. The summed E-state index contributed by atoms with van der Waals surface area (Å²) in [7, 11) is -3.76. The third kappa shape index (κ3) is 5.27. The number of rotatable bonds is 6. The smallest absolute Gasteiger partial charge is 0.319 e. The molecule has 0 aliphatic carbocycles. The van der Waals surface area contributed by atoms with E-state index in [9.17, 15) is 18.0 Å². The van der Waals surface area contributed by atoms with Gasteiger partial charge in [-0.1, -0.05) is 36.4 Å². The molecule has 8 nitrogen and oxygen atoms in total. The maximum absolute atomic E-state index is 13.3. The fraction of sp³-hybridized carbons (Fsp3) is 0.200. The van der Waals surface area contributed by atoms with E-state index >= 15 is 0 Å². The van der Waals surface area contributed by atoms with Gasteiger partial charge < -0.3 is 16.0 Å². The Bertz CT molecular complexity index is 1320. The Morgan fingerprint density at radius 1 is 0.882 bits per heavy atom. The summed E-state index contributed by atoms with van der Waals surface area (Å²) in [5.74, 6) is -0.448. The number of urea groups is 1. The van der Waals surface area contributed by atoms with E-state index in [-0.39, 0.29) is 16.5 Å². The standard InChI is InChI=1S/C25H26N4O4S/c1-2-26-25(31)28-22-11-6-10-21(16-22)27-24(30)19-9-5-12-23(15-19)34(32,33)29-14-13-18-7-3-4-8-20(18)17-29/h3-12,15-16H,2,13-14,17H2,1H3,(H,27,30)(H2,26,28,31). The van der Waals surface area contributed by atoms with Gasteiger partial charge in [-0.3, -0.25) is 4.79 Å². The summed E-state index contributed by atoms with van der Waals surface area (Å²) in [5, 5.41) is 8.07. The van der Waals surface area contributed by atoms with Gasteiger partial charge in [-0.2, -0.15) is 4.31 Å². The molecule has 34 heavy (non-hydrogen) atoms. The van der Waals surface area contributed by atoms with Crippen molar-refractivity contribution in [3.05, 3.63) is 89.5 Å². The van der Waals surface area contributed by atoms with Crippen molar-refractivity contribution in [2.45, 2.75) is 24.8 Å². The first-order valence-electron chi connectivity index (χ1n) is 11.0. The van der Waals surface area contributed by atoms with Crippen LogP contribution in [-0.4, -0.2) is 37.8 Å². The average molecular weight is 479 g/mol. The van der Waals surface area contributed by atoms with Gasteiger partial charge in [0.15, 0.2) is 0 Å². The summed E-state index contributed by atoms with van der Waals surface area (Å²) in [4.78, 5) is 24.7. The van der Waals surface area contributed by atoms with Crippen molar-refractivity contribution in [2.24, 2.45) is 0 Å². The summed E-state index contributed by atoms with van der Waals surface area (Å²) >= 11 is 0. The molecule has 0 aromatic heterocycles. The van der Waals surface area contributed by atoms with E-state index in [4.69, 9.17) is 0 Å².